The zero-order chi connectivity index (χ0) is 15.5. The molecule has 1 amide bonds. The van der Waals surface area contributed by atoms with E-state index in [1.807, 2.05) is 32.9 Å². The van der Waals surface area contributed by atoms with Crippen molar-refractivity contribution < 1.29 is 13.2 Å². The van der Waals surface area contributed by atoms with Crippen LogP contribution < -0.4 is 10.0 Å². The van der Waals surface area contributed by atoms with Crippen LogP contribution in [0.5, 0.6) is 0 Å². The molecule has 0 atom stereocenters. The minimum atomic E-state index is -3.68. The third-order valence-electron chi connectivity index (χ3n) is 2.75. The van der Waals surface area contributed by atoms with Gasteiger partial charge in [0.2, 0.25) is 15.9 Å². The predicted octanol–water partition coefficient (Wildman–Crippen LogP) is 1.41. The SMILES string of the molecule is Cc1cc(C)c(S(=O)(=O)NCC(=O)NC(C)C)c(C)c1. The van der Waals surface area contributed by atoms with Gasteiger partial charge in [-0.15, -0.1) is 0 Å². The number of carbonyl (C=O) groups excluding carboxylic acids is 1. The first-order valence-corrected chi connectivity index (χ1v) is 7.98. The van der Waals surface area contributed by atoms with Gasteiger partial charge in [0.15, 0.2) is 0 Å². The molecule has 0 unspecified atom stereocenters. The zero-order valence-corrected chi connectivity index (χ0v) is 13.4. The van der Waals surface area contributed by atoms with Crippen LogP contribution in [0.4, 0.5) is 0 Å². The lowest BCUT2D eigenvalue weighted by molar-refractivity contribution is -0.120. The molecule has 5 nitrogen and oxygen atoms in total. The molecule has 0 saturated carbocycles. The second kappa shape index (κ2) is 6.37. The summed E-state index contributed by atoms with van der Waals surface area (Å²) in [6.07, 6.45) is 0. The molecule has 0 aliphatic carbocycles. The van der Waals surface area contributed by atoms with Crippen LogP contribution >= 0.6 is 0 Å². The summed E-state index contributed by atoms with van der Waals surface area (Å²) in [5.74, 6) is -0.342. The van der Waals surface area contributed by atoms with Crippen molar-refractivity contribution >= 4 is 15.9 Å². The van der Waals surface area contributed by atoms with E-state index < -0.39 is 10.0 Å². The summed E-state index contributed by atoms with van der Waals surface area (Å²) in [7, 11) is -3.68. The van der Waals surface area contributed by atoms with Gasteiger partial charge in [0.05, 0.1) is 11.4 Å². The standard InChI is InChI=1S/C14H22N2O3S/c1-9(2)16-13(17)8-15-20(18,19)14-11(4)6-10(3)7-12(14)5/h6-7,9,15H,8H2,1-5H3,(H,16,17). The summed E-state index contributed by atoms with van der Waals surface area (Å²) in [6.45, 7) is 8.81. The number of hydrogen-bond donors (Lipinski definition) is 2. The predicted molar refractivity (Wildman–Crippen MR) is 79.1 cm³/mol. The molecule has 0 heterocycles. The van der Waals surface area contributed by atoms with Gasteiger partial charge < -0.3 is 5.32 Å². The van der Waals surface area contributed by atoms with Gasteiger partial charge in [-0.2, -0.15) is 0 Å². The van der Waals surface area contributed by atoms with Gasteiger partial charge >= 0.3 is 0 Å². The molecule has 6 heteroatoms. The second-order valence-corrected chi connectivity index (χ2v) is 6.98. The Morgan fingerprint density at radius 1 is 1.15 bits per heavy atom. The van der Waals surface area contributed by atoms with E-state index in [1.165, 1.54) is 0 Å². The largest absolute Gasteiger partial charge is 0.353 e. The third kappa shape index (κ3) is 4.31. The molecule has 0 radical (unpaired) electrons. The van der Waals surface area contributed by atoms with Gasteiger partial charge in [0, 0.05) is 6.04 Å². The molecule has 2 N–H and O–H groups in total. The lowest BCUT2D eigenvalue weighted by atomic mass is 10.1. The van der Waals surface area contributed by atoms with E-state index in [1.54, 1.807) is 13.8 Å². The summed E-state index contributed by atoms with van der Waals surface area (Å²) in [4.78, 5) is 11.8. The molecule has 1 aromatic carbocycles. The van der Waals surface area contributed by atoms with Crippen LogP contribution in [0.1, 0.15) is 30.5 Å². The van der Waals surface area contributed by atoms with E-state index in [0.717, 1.165) is 5.56 Å². The first-order valence-electron chi connectivity index (χ1n) is 6.50. The Morgan fingerprint density at radius 3 is 2.10 bits per heavy atom. The lowest BCUT2D eigenvalue weighted by Gasteiger charge is -2.14. The fraction of sp³-hybridized carbons (Fsp3) is 0.500. The maximum atomic E-state index is 12.3. The van der Waals surface area contributed by atoms with E-state index >= 15 is 0 Å². The molecular formula is C14H22N2O3S. The molecule has 0 aliphatic heterocycles. The maximum absolute atomic E-state index is 12.3. The minimum absolute atomic E-state index is 0.0187. The van der Waals surface area contributed by atoms with Crippen LogP contribution in [0.2, 0.25) is 0 Å². The number of benzene rings is 1. The summed E-state index contributed by atoms with van der Waals surface area (Å²) < 4.78 is 26.9. The summed E-state index contributed by atoms with van der Waals surface area (Å²) in [5, 5.41) is 2.64. The molecular weight excluding hydrogens is 276 g/mol. The third-order valence-corrected chi connectivity index (χ3v) is 4.45. The highest BCUT2D eigenvalue weighted by molar-refractivity contribution is 7.89. The number of carbonyl (C=O) groups is 1. The quantitative estimate of drug-likeness (QED) is 0.863. The molecule has 1 aromatic rings. The fourth-order valence-electron chi connectivity index (χ4n) is 2.20. The zero-order valence-electron chi connectivity index (χ0n) is 12.6. The summed E-state index contributed by atoms with van der Waals surface area (Å²) in [5.41, 5.74) is 2.37. The minimum Gasteiger partial charge on any atom is -0.353 e. The highest BCUT2D eigenvalue weighted by Crippen LogP contribution is 2.21. The van der Waals surface area contributed by atoms with Gasteiger partial charge in [-0.25, -0.2) is 13.1 Å². The first kappa shape index (κ1) is 16.7. The second-order valence-electron chi connectivity index (χ2n) is 5.27. The van der Waals surface area contributed by atoms with Crippen LogP contribution in [0.3, 0.4) is 0 Å². The molecule has 0 bridgehead atoms. The van der Waals surface area contributed by atoms with Crippen molar-refractivity contribution in [1.82, 2.24) is 10.0 Å². The Labute approximate surface area is 120 Å². The smallest absolute Gasteiger partial charge is 0.241 e. The van der Waals surface area contributed by atoms with Crippen molar-refractivity contribution in [3.8, 4) is 0 Å². The average molecular weight is 298 g/mol. The highest BCUT2D eigenvalue weighted by Gasteiger charge is 2.20. The van der Waals surface area contributed by atoms with Crippen LogP contribution in [-0.2, 0) is 14.8 Å². The number of sulfonamides is 1. The Morgan fingerprint density at radius 2 is 1.65 bits per heavy atom. The summed E-state index contributed by atoms with van der Waals surface area (Å²) >= 11 is 0. The van der Waals surface area contributed by atoms with E-state index in [-0.39, 0.29) is 23.4 Å². The number of aryl methyl sites for hydroxylation is 3. The fourth-order valence-corrected chi connectivity index (χ4v) is 3.63. The van der Waals surface area contributed by atoms with Gasteiger partial charge in [-0.1, -0.05) is 17.7 Å². The monoisotopic (exact) mass is 298 g/mol. The topological polar surface area (TPSA) is 75.3 Å². The van der Waals surface area contributed by atoms with Crippen molar-refractivity contribution in [1.29, 1.82) is 0 Å². The highest BCUT2D eigenvalue weighted by atomic mass is 32.2. The average Bonchev–Trinajstić information content (AvgIpc) is 2.23. The first-order chi connectivity index (χ1) is 9.13. The van der Waals surface area contributed by atoms with Gasteiger partial charge in [-0.05, 0) is 45.7 Å². The van der Waals surface area contributed by atoms with E-state index in [4.69, 9.17) is 0 Å². The molecule has 20 heavy (non-hydrogen) atoms. The number of rotatable bonds is 5. The Kier molecular flexibility index (Phi) is 5.30. The number of nitrogens with one attached hydrogen (secondary N) is 2. The van der Waals surface area contributed by atoms with Gasteiger partial charge in [-0.3, -0.25) is 4.79 Å². The molecule has 0 spiro atoms. The molecule has 0 fully saturated rings. The lowest BCUT2D eigenvalue weighted by Crippen LogP contribution is -2.40. The van der Waals surface area contributed by atoms with Crippen LogP contribution in [0.15, 0.2) is 17.0 Å². The number of hydrogen-bond acceptors (Lipinski definition) is 3. The van der Waals surface area contributed by atoms with Gasteiger partial charge in [0.25, 0.3) is 0 Å². The van der Waals surface area contributed by atoms with E-state index in [2.05, 4.69) is 10.0 Å². The van der Waals surface area contributed by atoms with Crippen LogP contribution in [-0.4, -0.2) is 26.9 Å². The molecule has 112 valence electrons. The molecule has 0 aromatic heterocycles. The van der Waals surface area contributed by atoms with Crippen molar-refractivity contribution in [3.63, 3.8) is 0 Å². The molecule has 1 rings (SSSR count). The molecule has 0 saturated heterocycles. The van der Waals surface area contributed by atoms with Crippen molar-refractivity contribution in [2.24, 2.45) is 0 Å². The molecule has 0 aliphatic rings. The normalized spacial score (nSPS) is 11.7. The van der Waals surface area contributed by atoms with Crippen molar-refractivity contribution in [2.45, 2.75) is 45.6 Å². The van der Waals surface area contributed by atoms with E-state index in [0.29, 0.717) is 11.1 Å². The van der Waals surface area contributed by atoms with Gasteiger partial charge in [0.1, 0.15) is 0 Å². The number of amides is 1. The van der Waals surface area contributed by atoms with Crippen molar-refractivity contribution in [3.05, 3.63) is 28.8 Å². The Balaban J connectivity index is 2.93. The Bertz CT molecular complexity index is 584. The summed E-state index contributed by atoms with van der Waals surface area (Å²) in [6, 6.07) is 3.61. The van der Waals surface area contributed by atoms with Crippen molar-refractivity contribution in [2.75, 3.05) is 6.54 Å². The van der Waals surface area contributed by atoms with Crippen LogP contribution in [0.25, 0.3) is 0 Å². The maximum Gasteiger partial charge on any atom is 0.241 e. The van der Waals surface area contributed by atoms with Crippen LogP contribution in [0, 0.1) is 20.8 Å². The van der Waals surface area contributed by atoms with E-state index in [9.17, 15) is 13.2 Å². The Hall–Kier alpha value is -1.40.